The highest BCUT2D eigenvalue weighted by Gasteiger charge is 2.15. The van der Waals surface area contributed by atoms with Gasteiger partial charge in [0.15, 0.2) is 0 Å². The van der Waals surface area contributed by atoms with Crippen molar-refractivity contribution in [3.05, 3.63) is 52.2 Å². The predicted molar refractivity (Wildman–Crippen MR) is 102 cm³/mol. The molecule has 26 heavy (non-hydrogen) atoms. The van der Waals surface area contributed by atoms with Gasteiger partial charge in [-0.15, -0.1) is 5.10 Å². The van der Waals surface area contributed by atoms with Crippen LogP contribution < -0.4 is 5.32 Å². The van der Waals surface area contributed by atoms with Gasteiger partial charge in [-0.1, -0.05) is 41.1 Å². The summed E-state index contributed by atoms with van der Waals surface area (Å²) in [7, 11) is 0. The molecule has 2 heterocycles. The second kappa shape index (κ2) is 7.84. The average Bonchev–Trinajstić information content (AvgIpc) is 3.02. The molecule has 3 rings (SSSR count). The number of anilines is 1. The first kappa shape index (κ1) is 18.3. The van der Waals surface area contributed by atoms with E-state index in [1.54, 1.807) is 16.8 Å². The summed E-state index contributed by atoms with van der Waals surface area (Å²) in [6.07, 6.45) is 1.48. The zero-order valence-electron chi connectivity index (χ0n) is 14.5. The molecule has 0 aliphatic rings. The monoisotopic (exact) mass is 388 g/mol. The molecule has 0 saturated carbocycles. The molecule has 0 atom stereocenters. The number of nitrogens with zero attached hydrogens (tertiary/aromatic N) is 5. The van der Waals surface area contributed by atoms with Gasteiger partial charge < -0.3 is 5.32 Å². The third kappa shape index (κ3) is 4.20. The van der Waals surface area contributed by atoms with E-state index in [0.717, 1.165) is 16.8 Å². The predicted octanol–water partition coefficient (Wildman–Crippen LogP) is 3.37. The summed E-state index contributed by atoms with van der Waals surface area (Å²) in [4.78, 5) is 16.2. The number of carbonyl (C=O) groups excluding carboxylic acids is 1. The number of hydrogen-bond donors (Lipinski definition) is 1. The molecular weight excluding hydrogens is 372 g/mol. The fourth-order valence-electron chi connectivity index (χ4n) is 2.67. The van der Waals surface area contributed by atoms with Gasteiger partial charge in [0.25, 0.3) is 0 Å². The van der Waals surface area contributed by atoms with Crippen molar-refractivity contribution in [3.8, 4) is 5.69 Å². The average molecular weight is 389 g/mol. The lowest BCUT2D eigenvalue weighted by atomic mass is 10.1. The van der Waals surface area contributed by atoms with Gasteiger partial charge in [-0.3, -0.25) is 4.79 Å². The van der Waals surface area contributed by atoms with E-state index in [9.17, 15) is 4.79 Å². The van der Waals surface area contributed by atoms with Crippen molar-refractivity contribution in [2.24, 2.45) is 0 Å². The van der Waals surface area contributed by atoms with E-state index in [-0.39, 0.29) is 11.7 Å². The van der Waals surface area contributed by atoms with Crippen molar-refractivity contribution in [1.82, 2.24) is 25.2 Å². The minimum absolute atomic E-state index is 0.161. The van der Waals surface area contributed by atoms with Gasteiger partial charge in [0, 0.05) is 6.20 Å². The van der Waals surface area contributed by atoms with Gasteiger partial charge in [-0.05, 0) is 54.5 Å². The molecule has 0 aliphatic heterocycles. The maximum atomic E-state index is 12.1. The molecule has 3 aromatic rings. The van der Waals surface area contributed by atoms with Crippen LogP contribution in [0.1, 0.15) is 16.7 Å². The molecule has 0 bridgehead atoms. The highest BCUT2D eigenvalue weighted by Crippen LogP contribution is 2.24. The summed E-state index contributed by atoms with van der Waals surface area (Å²) in [5.41, 5.74) is 4.27. The number of rotatable bonds is 5. The van der Waals surface area contributed by atoms with Crippen molar-refractivity contribution in [3.63, 3.8) is 0 Å². The summed E-state index contributed by atoms with van der Waals surface area (Å²) < 4.78 is 1.67. The van der Waals surface area contributed by atoms with Gasteiger partial charge in [-0.25, -0.2) is 4.98 Å². The molecule has 134 valence electrons. The molecule has 0 saturated heterocycles. The van der Waals surface area contributed by atoms with Crippen molar-refractivity contribution in [1.29, 1.82) is 0 Å². The second-order valence-electron chi connectivity index (χ2n) is 5.82. The van der Waals surface area contributed by atoms with Gasteiger partial charge in [0.1, 0.15) is 5.82 Å². The number of tetrazole rings is 1. The van der Waals surface area contributed by atoms with Crippen LogP contribution in [0.3, 0.4) is 0 Å². The van der Waals surface area contributed by atoms with E-state index < -0.39 is 0 Å². The van der Waals surface area contributed by atoms with Crippen LogP contribution in [0.25, 0.3) is 5.69 Å². The van der Waals surface area contributed by atoms with E-state index in [2.05, 4.69) is 38.0 Å². The number of aryl methyl sites for hydroxylation is 3. The maximum absolute atomic E-state index is 12.1. The number of amides is 1. The fraction of sp³-hybridized carbons (Fsp3) is 0.235. The molecule has 9 heteroatoms. The Morgan fingerprint density at radius 1 is 1.23 bits per heavy atom. The lowest BCUT2D eigenvalue weighted by molar-refractivity contribution is -0.113. The number of halogens is 1. The Morgan fingerprint density at radius 2 is 1.96 bits per heavy atom. The fourth-order valence-corrected chi connectivity index (χ4v) is 3.46. The van der Waals surface area contributed by atoms with E-state index in [1.165, 1.54) is 23.5 Å². The first-order valence-electron chi connectivity index (χ1n) is 7.85. The molecule has 7 nitrogen and oxygen atoms in total. The molecule has 0 aliphatic carbocycles. The number of hydrogen-bond acceptors (Lipinski definition) is 6. The van der Waals surface area contributed by atoms with Crippen molar-refractivity contribution >= 4 is 35.1 Å². The standard InChI is InChI=1S/C17H17ClN6OS/c1-10-6-11(2)16(12(3)7-10)24-17(21-22-23-24)26-9-15(25)20-14-5-4-13(18)8-19-14/h4-8H,9H2,1-3H3,(H,19,20,25). The van der Waals surface area contributed by atoms with E-state index in [1.807, 2.05) is 20.8 Å². The lowest BCUT2D eigenvalue weighted by Crippen LogP contribution is -2.15. The van der Waals surface area contributed by atoms with Crippen LogP contribution in [-0.2, 0) is 4.79 Å². The number of benzene rings is 1. The summed E-state index contributed by atoms with van der Waals surface area (Å²) in [6, 6.07) is 7.48. The first-order chi connectivity index (χ1) is 12.4. The number of nitrogens with one attached hydrogen (secondary N) is 1. The van der Waals surface area contributed by atoms with Gasteiger partial charge in [0.2, 0.25) is 11.1 Å². The minimum Gasteiger partial charge on any atom is -0.310 e. The second-order valence-corrected chi connectivity index (χ2v) is 7.20. The summed E-state index contributed by atoms with van der Waals surface area (Å²) >= 11 is 7.05. The van der Waals surface area contributed by atoms with Gasteiger partial charge in [0.05, 0.1) is 16.5 Å². The topological polar surface area (TPSA) is 85.6 Å². The largest absolute Gasteiger partial charge is 0.310 e. The normalized spacial score (nSPS) is 10.8. The molecule has 0 unspecified atom stereocenters. The number of aromatic nitrogens is 5. The molecule has 0 fully saturated rings. The van der Waals surface area contributed by atoms with Crippen LogP contribution in [0.5, 0.6) is 0 Å². The molecule has 0 radical (unpaired) electrons. The molecule has 1 amide bonds. The Hall–Kier alpha value is -2.45. The van der Waals surface area contributed by atoms with Crippen LogP contribution >= 0.6 is 23.4 Å². The molecule has 1 aromatic carbocycles. The quantitative estimate of drug-likeness (QED) is 0.674. The van der Waals surface area contributed by atoms with Crippen LogP contribution in [-0.4, -0.2) is 36.9 Å². The van der Waals surface area contributed by atoms with E-state index >= 15 is 0 Å². The highest BCUT2D eigenvalue weighted by molar-refractivity contribution is 7.99. The van der Waals surface area contributed by atoms with Crippen LogP contribution in [0.2, 0.25) is 5.02 Å². The smallest absolute Gasteiger partial charge is 0.236 e. The molecule has 1 N–H and O–H groups in total. The number of carbonyl (C=O) groups is 1. The van der Waals surface area contributed by atoms with Gasteiger partial charge >= 0.3 is 0 Å². The number of pyridine rings is 1. The van der Waals surface area contributed by atoms with E-state index in [0.29, 0.717) is 16.0 Å². The Kier molecular flexibility index (Phi) is 5.53. The van der Waals surface area contributed by atoms with Crippen molar-refractivity contribution in [2.45, 2.75) is 25.9 Å². The Labute approximate surface area is 160 Å². The molecular formula is C17H17ClN6OS. The van der Waals surface area contributed by atoms with E-state index in [4.69, 9.17) is 11.6 Å². The maximum Gasteiger partial charge on any atom is 0.236 e. The highest BCUT2D eigenvalue weighted by atomic mass is 35.5. The van der Waals surface area contributed by atoms with Crippen LogP contribution in [0, 0.1) is 20.8 Å². The molecule has 2 aromatic heterocycles. The minimum atomic E-state index is -0.197. The SMILES string of the molecule is Cc1cc(C)c(-n2nnnc2SCC(=O)Nc2ccc(Cl)cn2)c(C)c1. The third-order valence-electron chi connectivity index (χ3n) is 3.62. The Morgan fingerprint density at radius 3 is 2.62 bits per heavy atom. The van der Waals surface area contributed by atoms with Crippen molar-refractivity contribution in [2.75, 3.05) is 11.1 Å². The zero-order chi connectivity index (χ0) is 18.7. The first-order valence-corrected chi connectivity index (χ1v) is 9.21. The Balaban J connectivity index is 1.72. The zero-order valence-corrected chi connectivity index (χ0v) is 16.1. The molecule has 0 spiro atoms. The van der Waals surface area contributed by atoms with Crippen LogP contribution in [0.15, 0.2) is 35.6 Å². The summed E-state index contributed by atoms with van der Waals surface area (Å²) in [5.74, 6) is 0.413. The summed E-state index contributed by atoms with van der Waals surface area (Å²) in [6.45, 7) is 6.09. The third-order valence-corrected chi connectivity index (χ3v) is 4.76. The number of thioether (sulfide) groups is 1. The summed E-state index contributed by atoms with van der Waals surface area (Å²) in [5, 5.41) is 15.7. The lowest BCUT2D eigenvalue weighted by Gasteiger charge is -2.12. The van der Waals surface area contributed by atoms with Crippen LogP contribution in [0.4, 0.5) is 5.82 Å². The Bertz CT molecular complexity index is 918. The van der Waals surface area contributed by atoms with Gasteiger partial charge in [-0.2, -0.15) is 4.68 Å². The van der Waals surface area contributed by atoms with Crippen molar-refractivity contribution < 1.29 is 4.79 Å².